The average molecular weight is 623 g/mol. The van der Waals surface area contributed by atoms with Crippen LogP contribution in [0.4, 0.5) is 5.13 Å². The molecule has 11 heteroatoms. The number of aliphatic hydroxyl groups excluding tert-OH is 1. The van der Waals surface area contributed by atoms with Crippen LogP contribution in [0.1, 0.15) is 79.5 Å². The number of amides is 1. The molecule has 1 aromatic heterocycles. The molecule has 2 aromatic carbocycles. The van der Waals surface area contributed by atoms with E-state index in [0.29, 0.717) is 53.9 Å². The van der Waals surface area contributed by atoms with Gasteiger partial charge in [0.25, 0.3) is 5.78 Å². The fourth-order valence-corrected chi connectivity index (χ4v) is 5.70. The predicted octanol–water partition coefficient (Wildman–Crippen LogP) is 6.62. The number of anilines is 1. The van der Waals surface area contributed by atoms with E-state index in [1.165, 1.54) is 4.90 Å². The summed E-state index contributed by atoms with van der Waals surface area (Å²) in [5.41, 5.74) is 1.07. The number of ether oxygens (including phenoxy) is 4. The highest BCUT2D eigenvalue weighted by molar-refractivity contribution is 7.17. The van der Waals surface area contributed by atoms with Gasteiger partial charge < -0.3 is 24.1 Å². The summed E-state index contributed by atoms with van der Waals surface area (Å²) >= 11 is 0.949. The van der Waals surface area contributed by atoms with Gasteiger partial charge in [0.1, 0.15) is 16.4 Å². The number of rotatable bonds is 14. The maximum absolute atomic E-state index is 13.7. The SMILES string of the molecule is CCCCOc1ccc(C(O)=C2C(=O)C(=O)N(c3nc(C)c(C(=O)OCC)s3)[C@H]2c2ccc(OCCC)c(OCC)c2)cc1. The Bertz CT molecular complexity index is 1530. The summed E-state index contributed by atoms with van der Waals surface area (Å²) in [5.74, 6) is -1.11. The van der Waals surface area contributed by atoms with Gasteiger partial charge in [0.2, 0.25) is 0 Å². The molecule has 1 aliphatic heterocycles. The number of thiazole rings is 1. The molecule has 0 radical (unpaired) electrons. The lowest BCUT2D eigenvalue weighted by Crippen LogP contribution is -2.29. The number of Topliss-reactive ketones (excluding diaryl/α,β-unsaturated/α-hetero) is 1. The third kappa shape index (κ3) is 6.88. The summed E-state index contributed by atoms with van der Waals surface area (Å²) in [5, 5.41) is 11.7. The molecule has 1 N–H and O–H groups in total. The molecule has 1 saturated heterocycles. The van der Waals surface area contributed by atoms with Gasteiger partial charge in [0.05, 0.1) is 43.7 Å². The zero-order valence-corrected chi connectivity index (χ0v) is 26.5. The Hall–Kier alpha value is -4.38. The van der Waals surface area contributed by atoms with E-state index in [9.17, 15) is 19.5 Å². The van der Waals surface area contributed by atoms with E-state index in [1.807, 2.05) is 13.8 Å². The van der Waals surface area contributed by atoms with Crippen molar-refractivity contribution in [3.63, 3.8) is 0 Å². The van der Waals surface area contributed by atoms with Crippen LogP contribution in [0.3, 0.4) is 0 Å². The van der Waals surface area contributed by atoms with Crippen molar-refractivity contribution in [2.24, 2.45) is 0 Å². The lowest BCUT2D eigenvalue weighted by molar-refractivity contribution is -0.132. The Morgan fingerprint density at radius 3 is 2.34 bits per heavy atom. The second kappa shape index (κ2) is 14.9. The number of carbonyl (C=O) groups is 3. The normalized spacial score (nSPS) is 15.8. The van der Waals surface area contributed by atoms with Crippen molar-refractivity contribution in [3.05, 3.63) is 69.7 Å². The first kappa shape index (κ1) is 32.5. The number of hydrogen-bond acceptors (Lipinski definition) is 10. The van der Waals surface area contributed by atoms with Gasteiger partial charge in [-0.3, -0.25) is 14.5 Å². The Kier molecular flexibility index (Phi) is 11.0. The zero-order chi connectivity index (χ0) is 31.8. The summed E-state index contributed by atoms with van der Waals surface area (Å²) in [4.78, 5) is 45.9. The largest absolute Gasteiger partial charge is 0.507 e. The van der Waals surface area contributed by atoms with Gasteiger partial charge in [-0.1, -0.05) is 37.7 Å². The van der Waals surface area contributed by atoms with Gasteiger partial charge in [-0.05, 0) is 75.6 Å². The van der Waals surface area contributed by atoms with Crippen LogP contribution in [-0.4, -0.2) is 54.2 Å². The molecule has 4 rings (SSSR count). The molecular formula is C33H38N2O8S. The van der Waals surface area contributed by atoms with Crippen molar-refractivity contribution in [2.45, 2.75) is 59.9 Å². The van der Waals surface area contributed by atoms with Gasteiger partial charge >= 0.3 is 11.9 Å². The highest BCUT2D eigenvalue weighted by Crippen LogP contribution is 2.45. The molecule has 3 aromatic rings. The molecular weight excluding hydrogens is 584 g/mol. The molecule has 234 valence electrons. The molecule has 0 unspecified atom stereocenters. The highest BCUT2D eigenvalue weighted by atomic mass is 32.1. The lowest BCUT2D eigenvalue weighted by atomic mass is 9.95. The summed E-state index contributed by atoms with van der Waals surface area (Å²) in [6.07, 6.45) is 2.70. The van der Waals surface area contributed by atoms with Crippen LogP contribution in [0, 0.1) is 6.92 Å². The molecule has 44 heavy (non-hydrogen) atoms. The maximum Gasteiger partial charge on any atom is 0.350 e. The Labute approximate surface area is 261 Å². The van der Waals surface area contributed by atoms with Crippen LogP contribution < -0.4 is 19.1 Å². The second-order valence-electron chi connectivity index (χ2n) is 10.0. The van der Waals surface area contributed by atoms with E-state index in [4.69, 9.17) is 18.9 Å². The molecule has 10 nitrogen and oxygen atoms in total. The van der Waals surface area contributed by atoms with Gasteiger partial charge in [-0.25, -0.2) is 9.78 Å². The number of nitrogens with zero attached hydrogens (tertiary/aromatic N) is 2. The summed E-state index contributed by atoms with van der Waals surface area (Å²) < 4.78 is 22.6. The quantitative estimate of drug-likeness (QED) is 0.0694. The van der Waals surface area contributed by atoms with E-state index in [-0.39, 0.29) is 27.9 Å². The van der Waals surface area contributed by atoms with Crippen LogP contribution in [0.15, 0.2) is 48.0 Å². The Morgan fingerprint density at radius 2 is 1.68 bits per heavy atom. The summed E-state index contributed by atoms with van der Waals surface area (Å²) in [7, 11) is 0. The van der Waals surface area contributed by atoms with Crippen molar-refractivity contribution < 1.29 is 38.4 Å². The minimum absolute atomic E-state index is 0.120. The number of unbranched alkanes of at least 4 members (excludes halogenated alkanes) is 1. The third-order valence-electron chi connectivity index (χ3n) is 6.84. The van der Waals surface area contributed by atoms with E-state index in [2.05, 4.69) is 11.9 Å². The molecule has 2 heterocycles. The zero-order valence-electron chi connectivity index (χ0n) is 25.7. The number of esters is 1. The smallest absolute Gasteiger partial charge is 0.350 e. The predicted molar refractivity (Wildman–Crippen MR) is 168 cm³/mol. The molecule has 0 bridgehead atoms. The lowest BCUT2D eigenvalue weighted by Gasteiger charge is -2.24. The van der Waals surface area contributed by atoms with Crippen molar-refractivity contribution in [3.8, 4) is 17.2 Å². The minimum Gasteiger partial charge on any atom is -0.507 e. The molecule has 0 aliphatic carbocycles. The van der Waals surface area contributed by atoms with Crippen molar-refractivity contribution in [1.29, 1.82) is 0 Å². The van der Waals surface area contributed by atoms with Gasteiger partial charge in [0, 0.05) is 5.56 Å². The molecule has 1 amide bonds. The number of carbonyl (C=O) groups excluding carboxylic acids is 3. The fraction of sp³-hybridized carbons (Fsp3) is 0.394. The van der Waals surface area contributed by atoms with Gasteiger partial charge in [-0.2, -0.15) is 0 Å². The first-order valence-electron chi connectivity index (χ1n) is 14.8. The Morgan fingerprint density at radius 1 is 0.932 bits per heavy atom. The van der Waals surface area contributed by atoms with Gasteiger partial charge in [-0.15, -0.1) is 0 Å². The molecule has 0 spiro atoms. The number of hydrogen-bond donors (Lipinski definition) is 1. The van der Waals surface area contributed by atoms with Crippen molar-refractivity contribution >= 4 is 39.9 Å². The fourth-order valence-electron chi connectivity index (χ4n) is 4.71. The Balaban J connectivity index is 1.86. The van der Waals surface area contributed by atoms with E-state index >= 15 is 0 Å². The highest BCUT2D eigenvalue weighted by Gasteiger charge is 2.48. The van der Waals surface area contributed by atoms with E-state index < -0.39 is 23.7 Å². The monoisotopic (exact) mass is 622 g/mol. The van der Waals surface area contributed by atoms with Crippen LogP contribution in [0.25, 0.3) is 5.76 Å². The number of aliphatic hydroxyl groups is 1. The molecule has 1 fully saturated rings. The van der Waals surface area contributed by atoms with E-state index in [1.54, 1.807) is 56.3 Å². The average Bonchev–Trinajstić information content (AvgIpc) is 3.53. The standard InChI is InChI=1S/C33H38N2O8S/c1-6-10-18-42-23-14-11-21(12-15-23)28(36)26-27(22-13-16-24(43-17-7-2)25(19-22)40-8-3)35(31(38)29(26)37)33-34-20(5)30(44-33)32(39)41-9-4/h11-16,19,27,36H,6-10,17-18H2,1-5H3/t27-/m0/s1. The maximum atomic E-state index is 13.7. The van der Waals surface area contributed by atoms with Crippen molar-refractivity contribution in [2.75, 3.05) is 31.3 Å². The molecule has 1 aliphatic rings. The van der Waals surface area contributed by atoms with Crippen molar-refractivity contribution in [1.82, 2.24) is 4.98 Å². The van der Waals surface area contributed by atoms with Crippen LogP contribution in [0.5, 0.6) is 17.2 Å². The summed E-state index contributed by atoms with van der Waals surface area (Å²) in [6, 6.07) is 10.8. The van der Waals surface area contributed by atoms with Crippen LogP contribution in [0.2, 0.25) is 0 Å². The molecule has 0 saturated carbocycles. The minimum atomic E-state index is -1.07. The van der Waals surface area contributed by atoms with E-state index in [0.717, 1.165) is 30.6 Å². The number of aryl methyl sites for hydroxylation is 1. The van der Waals surface area contributed by atoms with Crippen LogP contribution >= 0.6 is 11.3 Å². The van der Waals surface area contributed by atoms with Gasteiger partial charge in [0.15, 0.2) is 16.6 Å². The topological polar surface area (TPSA) is 124 Å². The van der Waals surface area contributed by atoms with Crippen LogP contribution in [-0.2, 0) is 14.3 Å². The molecule has 1 atom stereocenters. The summed E-state index contributed by atoms with van der Waals surface area (Å²) in [6.45, 7) is 10.8. The second-order valence-corrected chi connectivity index (χ2v) is 11.0. The number of aromatic nitrogens is 1. The first-order chi connectivity index (χ1) is 21.2. The number of ketones is 1. The third-order valence-corrected chi connectivity index (χ3v) is 7.97. The number of benzene rings is 2. The first-order valence-corrected chi connectivity index (χ1v) is 15.6.